The number of hydrogen-bond acceptors (Lipinski definition) is 7. The molecular weight excluding hydrogens is 469 g/mol. The lowest BCUT2D eigenvalue weighted by atomic mass is 10.1. The highest BCUT2D eigenvalue weighted by Crippen LogP contribution is 2.39. The first-order valence-electron chi connectivity index (χ1n) is 11.9. The Morgan fingerprint density at radius 1 is 1.19 bits per heavy atom. The molecular formula is C25H28FN5O5. The predicted octanol–water partition coefficient (Wildman–Crippen LogP) is 2.54. The summed E-state index contributed by atoms with van der Waals surface area (Å²) in [5.41, 5.74) is 2.32. The van der Waals surface area contributed by atoms with Crippen molar-refractivity contribution in [2.75, 3.05) is 40.5 Å². The average molecular weight is 498 g/mol. The number of likely N-dealkylation sites (tertiary alicyclic amines) is 1. The van der Waals surface area contributed by atoms with E-state index in [1.54, 1.807) is 17.2 Å². The number of methoxy groups -OCH3 is 2. The average Bonchev–Trinajstić information content (AvgIpc) is 3.40. The van der Waals surface area contributed by atoms with E-state index in [-0.39, 0.29) is 30.2 Å². The van der Waals surface area contributed by atoms with Gasteiger partial charge in [0, 0.05) is 44.1 Å². The number of halogens is 1. The van der Waals surface area contributed by atoms with Gasteiger partial charge in [0.25, 0.3) is 5.91 Å². The molecule has 1 aromatic carbocycles. The molecule has 2 amide bonds. The Balaban J connectivity index is 1.41. The zero-order chi connectivity index (χ0) is 25.2. The Bertz CT molecular complexity index is 1290. The lowest BCUT2D eigenvalue weighted by Gasteiger charge is -2.16. The summed E-state index contributed by atoms with van der Waals surface area (Å²) in [6, 6.07) is 2.68. The summed E-state index contributed by atoms with van der Waals surface area (Å²) >= 11 is 0. The van der Waals surface area contributed by atoms with Gasteiger partial charge in [-0.3, -0.25) is 9.59 Å². The van der Waals surface area contributed by atoms with Crippen LogP contribution in [0, 0.1) is 11.7 Å². The van der Waals surface area contributed by atoms with Crippen molar-refractivity contribution >= 4 is 22.8 Å². The number of H-pyrrole nitrogens is 1. The van der Waals surface area contributed by atoms with Gasteiger partial charge in [-0.05, 0) is 31.2 Å². The largest absolute Gasteiger partial charge is 0.494 e. The molecule has 0 spiro atoms. The molecule has 2 N–H and O–H groups in total. The minimum atomic E-state index is -0.529. The number of ether oxygens (including phenoxy) is 3. The van der Waals surface area contributed by atoms with Gasteiger partial charge in [-0.1, -0.05) is 0 Å². The Morgan fingerprint density at radius 2 is 2.03 bits per heavy atom. The molecule has 190 valence electrons. The quantitative estimate of drug-likeness (QED) is 0.466. The van der Waals surface area contributed by atoms with Crippen molar-refractivity contribution in [2.24, 2.45) is 5.92 Å². The van der Waals surface area contributed by atoms with E-state index < -0.39 is 5.82 Å². The molecule has 1 saturated heterocycles. The molecule has 1 saturated carbocycles. The van der Waals surface area contributed by atoms with Crippen LogP contribution in [0.3, 0.4) is 0 Å². The van der Waals surface area contributed by atoms with Crippen LogP contribution in [0.25, 0.3) is 22.3 Å². The third-order valence-corrected chi connectivity index (χ3v) is 6.53. The maximum absolute atomic E-state index is 14.5. The van der Waals surface area contributed by atoms with Crippen LogP contribution in [0.15, 0.2) is 24.7 Å². The Labute approximate surface area is 207 Å². The number of amides is 2. The van der Waals surface area contributed by atoms with Crippen molar-refractivity contribution in [1.82, 2.24) is 25.2 Å². The molecule has 1 atom stereocenters. The normalized spacial score (nSPS) is 17.4. The van der Waals surface area contributed by atoms with Crippen LogP contribution in [0.5, 0.6) is 11.5 Å². The first kappa shape index (κ1) is 24.0. The highest BCUT2D eigenvalue weighted by molar-refractivity contribution is 6.08. The monoisotopic (exact) mass is 497 g/mol. The van der Waals surface area contributed by atoms with E-state index >= 15 is 0 Å². The molecule has 2 aliphatic rings. The van der Waals surface area contributed by atoms with Crippen LogP contribution in [-0.2, 0) is 9.53 Å². The van der Waals surface area contributed by atoms with E-state index in [1.165, 1.54) is 26.6 Å². The number of fused-ring (bicyclic) bond motifs is 1. The number of nitrogens with one attached hydrogen (secondary N) is 2. The highest BCUT2D eigenvalue weighted by atomic mass is 19.1. The maximum atomic E-state index is 14.5. The van der Waals surface area contributed by atoms with Gasteiger partial charge >= 0.3 is 0 Å². The molecule has 0 radical (unpaired) electrons. The minimum absolute atomic E-state index is 0.0172. The van der Waals surface area contributed by atoms with Gasteiger partial charge in [-0.2, -0.15) is 0 Å². The number of aromatic amines is 1. The lowest BCUT2D eigenvalue weighted by molar-refractivity contribution is -0.134. The van der Waals surface area contributed by atoms with E-state index in [4.69, 9.17) is 14.2 Å². The molecule has 2 aromatic heterocycles. The molecule has 3 aromatic rings. The third-order valence-electron chi connectivity index (χ3n) is 6.53. The van der Waals surface area contributed by atoms with Crippen molar-refractivity contribution in [2.45, 2.75) is 25.3 Å². The fourth-order valence-electron chi connectivity index (χ4n) is 4.39. The van der Waals surface area contributed by atoms with Crippen molar-refractivity contribution in [1.29, 1.82) is 0 Å². The van der Waals surface area contributed by atoms with Gasteiger partial charge in [0.1, 0.15) is 29.9 Å². The van der Waals surface area contributed by atoms with Crippen LogP contribution >= 0.6 is 0 Å². The summed E-state index contributed by atoms with van der Waals surface area (Å²) in [6.07, 6.45) is 5.79. The maximum Gasteiger partial charge on any atom is 0.255 e. The molecule has 11 heteroatoms. The predicted molar refractivity (Wildman–Crippen MR) is 128 cm³/mol. The Hall–Kier alpha value is -3.73. The molecule has 1 aliphatic heterocycles. The summed E-state index contributed by atoms with van der Waals surface area (Å²) in [6.45, 7) is 1.50. The van der Waals surface area contributed by atoms with Gasteiger partial charge in [-0.15, -0.1) is 0 Å². The zero-order valence-corrected chi connectivity index (χ0v) is 20.2. The summed E-state index contributed by atoms with van der Waals surface area (Å²) < 4.78 is 30.5. The molecule has 0 unspecified atom stereocenters. The Morgan fingerprint density at radius 3 is 2.78 bits per heavy atom. The van der Waals surface area contributed by atoms with E-state index in [9.17, 15) is 14.0 Å². The van der Waals surface area contributed by atoms with Crippen LogP contribution in [-0.4, -0.2) is 78.2 Å². The molecule has 5 rings (SSSR count). The number of hydrogen-bond donors (Lipinski definition) is 2. The van der Waals surface area contributed by atoms with Crippen LogP contribution in [0.4, 0.5) is 4.39 Å². The lowest BCUT2D eigenvalue weighted by Crippen LogP contribution is -2.39. The minimum Gasteiger partial charge on any atom is -0.494 e. The number of benzene rings is 1. The number of aromatic nitrogens is 3. The van der Waals surface area contributed by atoms with Crippen molar-refractivity contribution in [3.05, 3.63) is 36.0 Å². The fourth-order valence-corrected chi connectivity index (χ4v) is 4.39. The molecule has 10 nitrogen and oxygen atoms in total. The van der Waals surface area contributed by atoms with E-state index in [0.29, 0.717) is 65.6 Å². The fraction of sp³-hybridized carbons (Fsp3) is 0.440. The summed E-state index contributed by atoms with van der Waals surface area (Å²) in [4.78, 5) is 38.7. The van der Waals surface area contributed by atoms with Crippen molar-refractivity contribution in [3.8, 4) is 22.8 Å². The molecule has 1 aliphatic carbocycles. The zero-order valence-electron chi connectivity index (χ0n) is 20.2. The number of carbonyl (C=O) groups is 2. The standard InChI is InChI=1S/C25H28FN5O5/c1-34-12-21(32)31-6-5-15(10-31)30-25(33)17-9-27-24-22(28-13-29-23(17)24)16-7-20(35-2)18(26)8-19(16)36-11-14-3-4-14/h7-9,13-15,27H,3-6,10-12H2,1-2H3,(H,30,33)/t15-/m1/s1. The second kappa shape index (κ2) is 10.1. The number of carbonyl (C=O) groups excluding carboxylic acids is 2. The number of rotatable bonds is 9. The van der Waals surface area contributed by atoms with Gasteiger partial charge < -0.3 is 29.4 Å². The SMILES string of the molecule is COCC(=O)N1CC[C@@H](NC(=O)c2c[nH]c3c(-c4cc(OC)c(F)cc4OCC4CC4)ncnc23)C1. The van der Waals surface area contributed by atoms with Crippen molar-refractivity contribution in [3.63, 3.8) is 0 Å². The summed E-state index contributed by atoms with van der Waals surface area (Å²) in [7, 11) is 2.87. The second-order valence-electron chi connectivity index (χ2n) is 9.12. The smallest absolute Gasteiger partial charge is 0.255 e. The Kier molecular flexibility index (Phi) is 6.73. The van der Waals surface area contributed by atoms with Crippen molar-refractivity contribution < 1.29 is 28.2 Å². The molecule has 2 fully saturated rings. The second-order valence-corrected chi connectivity index (χ2v) is 9.12. The van der Waals surface area contributed by atoms with Gasteiger partial charge in [0.05, 0.1) is 24.8 Å². The summed E-state index contributed by atoms with van der Waals surface area (Å²) in [5, 5.41) is 2.99. The first-order valence-corrected chi connectivity index (χ1v) is 11.9. The van der Waals surface area contributed by atoms with E-state index in [2.05, 4.69) is 20.3 Å². The van der Waals surface area contributed by atoms with Crippen LogP contribution in [0.1, 0.15) is 29.6 Å². The third kappa shape index (κ3) is 4.83. The van der Waals surface area contributed by atoms with E-state index in [0.717, 1.165) is 12.8 Å². The number of nitrogens with zero attached hydrogens (tertiary/aromatic N) is 3. The van der Waals surface area contributed by atoms with Gasteiger partial charge in [0.2, 0.25) is 5.91 Å². The first-order chi connectivity index (χ1) is 17.5. The van der Waals surface area contributed by atoms with E-state index in [1.807, 2.05) is 0 Å². The summed E-state index contributed by atoms with van der Waals surface area (Å²) in [5.74, 6) is -0.0440. The van der Waals surface area contributed by atoms with Gasteiger partial charge in [-0.25, -0.2) is 14.4 Å². The highest BCUT2D eigenvalue weighted by Gasteiger charge is 2.29. The molecule has 36 heavy (non-hydrogen) atoms. The van der Waals surface area contributed by atoms with Gasteiger partial charge in [0.15, 0.2) is 11.6 Å². The topological polar surface area (TPSA) is 119 Å². The van der Waals surface area contributed by atoms with Crippen LogP contribution < -0.4 is 14.8 Å². The molecule has 3 heterocycles. The molecule has 0 bridgehead atoms. The van der Waals surface area contributed by atoms with Crippen LogP contribution in [0.2, 0.25) is 0 Å².